The number of hydrogen-bond donors (Lipinski definition) is 3. The maximum absolute atomic E-state index is 13.3. The number of unbranched alkanes of at least 4 members (excludes halogenated alkanes) is 20. The molecule has 0 fully saturated rings. The monoisotopic (exact) mass is 958 g/mol. The Hall–Kier alpha value is -3.48. The van der Waals surface area contributed by atoms with Crippen LogP contribution in [0.5, 0.6) is 0 Å². The molecule has 0 aromatic rings. The van der Waals surface area contributed by atoms with Gasteiger partial charge in [-0.25, -0.2) is 0 Å². The van der Waals surface area contributed by atoms with Gasteiger partial charge in [-0.2, -0.15) is 0 Å². The second-order valence-electron chi connectivity index (χ2n) is 19.0. The van der Waals surface area contributed by atoms with Crippen LogP contribution in [0.2, 0.25) is 0 Å². The van der Waals surface area contributed by atoms with Crippen LogP contribution in [0.1, 0.15) is 252 Å². The molecule has 0 saturated carbocycles. The fourth-order valence-corrected chi connectivity index (χ4v) is 8.06. The highest BCUT2D eigenvalue weighted by Crippen LogP contribution is 2.17. The molecule has 0 heterocycles. The van der Waals surface area contributed by atoms with Crippen LogP contribution < -0.4 is 5.32 Å². The van der Waals surface area contributed by atoms with E-state index in [9.17, 15) is 19.8 Å². The molecule has 0 rings (SSSR count). The topological polar surface area (TPSA) is 95.9 Å². The predicted octanol–water partition coefficient (Wildman–Crippen LogP) is 17.8. The van der Waals surface area contributed by atoms with Gasteiger partial charge in [-0.1, -0.05) is 252 Å². The Morgan fingerprint density at radius 1 is 0.435 bits per heavy atom. The van der Waals surface area contributed by atoms with Crippen molar-refractivity contribution in [1.82, 2.24) is 5.32 Å². The summed E-state index contributed by atoms with van der Waals surface area (Å²) in [5.74, 6) is -0.632. The summed E-state index contributed by atoms with van der Waals surface area (Å²) < 4.78 is 5.88. The van der Waals surface area contributed by atoms with E-state index < -0.39 is 18.2 Å². The fraction of sp³-hybridized carbons (Fsp3) is 0.683. The molecule has 0 radical (unpaired) electrons. The molecule has 0 aromatic carbocycles. The SMILES string of the molecule is CC/C=C/C/C=C/C/C=C/C/C=C/C/C=C/CCC(=O)OC(CCC/C=C\C/C=C\C/C=C\C/C=C\CCCCC)CC(=O)NC(CO)C(O)CCCCCCCCCCCCCCCCCCC. The van der Waals surface area contributed by atoms with E-state index in [0.717, 1.165) is 83.5 Å². The largest absolute Gasteiger partial charge is 0.462 e. The van der Waals surface area contributed by atoms with Gasteiger partial charge < -0.3 is 20.3 Å². The molecule has 0 aliphatic carbocycles. The first-order valence-electron chi connectivity index (χ1n) is 28.6. The standard InChI is InChI=1S/C63H107NO5/c1-4-7-10-13-16-19-22-25-28-31-33-36-39-42-45-48-51-54-59(69-63(68)56-53-50-47-44-41-38-35-30-27-24-21-18-15-12-9-6-3)57-62(67)64-60(58-65)61(66)55-52-49-46-43-40-37-34-32-29-26-23-20-17-14-11-8-5-2/h9,12,16,18-19,21,25,27-28,30,33,36,38,41-42,45,47,50,59-61,65-66H,4-8,10-11,13-15,17,20,22-24,26,29,31-32,34-35,37,39-40,43-44,46,48-49,51-58H2,1-3H3,(H,64,67)/b12-9+,19-16-,21-18+,28-25-,30-27+,36-33-,41-38+,45-42-,50-47+. The Kier molecular flexibility index (Phi) is 52.7. The van der Waals surface area contributed by atoms with Crippen molar-refractivity contribution in [3.8, 4) is 0 Å². The smallest absolute Gasteiger partial charge is 0.306 e. The molecule has 1 amide bonds. The molecule has 3 N–H and O–H groups in total. The number of aliphatic hydroxyl groups excluding tert-OH is 2. The normalized spacial score (nSPS) is 14.0. The molecule has 3 unspecified atom stereocenters. The number of aliphatic hydroxyl groups is 2. The number of allylic oxidation sites excluding steroid dienone is 18. The Balaban J connectivity index is 4.76. The Labute approximate surface area is 426 Å². The van der Waals surface area contributed by atoms with Crippen LogP contribution in [-0.2, 0) is 14.3 Å². The fourth-order valence-electron chi connectivity index (χ4n) is 8.06. The Morgan fingerprint density at radius 2 is 0.797 bits per heavy atom. The predicted molar refractivity (Wildman–Crippen MR) is 300 cm³/mol. The lowest BCUT2D eigenvalue weighted by atomic mass is 10.0. The minimum atomic E-state index is -0.822. The summed E-state index contributed by atoms with van der Waals surface area (Å²) in [6, 6.07) is -0.742. The van der Waals surface area contributed by atoms with Crippen LogP contribution >= 0.6 is 0 Å². The van der Waals surface area contributed by atoms with Gasteiger partial charge in [0.1, 0.15) is 6.10 Å². The van der Waals surface area contributed by atoms with Gasteiger partial charge in [0.05, 0.1) is 25.2 Å². The van der Waals surface area contributed by atoms with Crippen molar-refractivity contribution in [2.45, 2.75) is 270 Å². The lowest BCUT2D eigenvalue weighted by Crippen LogP contribution is -2.46. The summed E-state index contributed by atoms with van der Waals surface area (Å²) in [6.45, 7) is 6.32. The van der Waals surface area contributed by atoms with E-state index in [-0.39, 0.29) is 31.3 Å². The summed E-state index contributed by atoms with van der Waals surface area (Å²) in [4.78, 5) is 26.2. The molecule has 69 heavy (non-hydrogen) atoms. The van der Waals surface area contributed by atoms with Crippen molar-refractivity contribution < 1.29 is 24.5 Å². The van der Waals surface area contributed by atoms with Gasteiger partial charge in [-0.3, -0.25) is 9.59 Å². The molecule has 6 heteroatoms. The second kappa shape index (κ2) is 55.4. The molecular formula is C63H107NO5. The minimum Gasteiger partial charge on any atom is -0.462 e. The average Bonchev–Trinajstić information content (AvgIpc) is 3.34. The molecule has 3 atom stereocenters. The third-order valence-electron chi connectivity index (χ3n) is 12.3. The highest BCUT2D eigenvalue weighted by atomic mass is 16.5. The number of hydrogen-bond acceptors (Lipinski definition) is 5. The Morgan fingerprint density at radius 3 is 1.22 bits per heavy atom. The number of esters is 1. The van der Waals surface area contributed by atoms with Crippen molar-refractivity contribution in [1.29, 1.82) is 0 Å². The zero-order valence-corrected chi connectivity index (χ0v) is 44.9. The van der Waals surface area contributed by atoms with Gasteiger partial charge in [-0.05, 0) is 96.3 Å². The highest BCUT2D eigenvalue weighted by Gasteiger charge is 2.24. The van der Waals surface area contributed by atoms with E-state index in [1.165, 1.54) is 116 Å². The number of carbonyl (C=O) groups is 2. The van der Waals surface area contributed by atoms with Gasteiger partial charge in [-0.15, -0.1) is 0 Å². The molecule has 0 aliphatic heterocycles. The maximum atomic E-state index is 13.3. The molecule has 0 bridgehead atoms. The number of nitrogens with one attached hydrogen (secondary N) is 1. The third-order valence-corrected chi connectivity index (χ3v) is 12.3. The van der Waals surface area contributed by atoms with E-state index in [0.29, 0.717) is 19.3 Å². The van der Waals surface area contributed by atoms with E-state index in [2.05, 4.69) is 129 Å². The summed E-state index contributed by atoms with van der Waals surface area (Å²) >= 11 is 0. The first-order valence-corrected chi connectivity index (χ1v) is 28.6. The van der Waals surface area contributed by atoms with Crippen LogP contribution in [0.25, 0.3) is 0 Å². The zero-order chi connectivity index (χ0) is 50.2. The van der Waals surface area contributed by atoms with Gasteiger partial charge in [0, 0.05) is 6.42 Å². The highest BCUT2D eigenvalue weighted by molar-refractivity contribution is 5.77. The molecule has 394 valence electrons. The summed E-state index contributed by atoms with van der Waals surface area (Å²) in [6.07, 6.45) is 75.9. The van der Waals surface area contributed by atoms with E-state index in [4.69, 9.17) is 4.74 Å². The van der Waals surface area contributed by atoms with Crippen molar-refractivity contribution in [2.24, 2.45) is 0 Å². The van der Waals surface area contributed by atoms with Crippen molar-refractivity contribution >= 4 is 11.9 Å². The maximum Gasteiger partial charge on any atom is 0.306 e. The quantitative estimate of drug-likeness (QED) is 0.0321. The summed E-state index contributed by atoms with van der Waals surface area (Å²) in [5.41, 5.74) is 0. The first kappa shape index (κ1) is 65.5. The zero-order valence-electron chi connectivity index (χ0n) is 44.9. The Bertz CT molecular complexity index is 1400. The molecular weight excluding hydrogens is 851 g/mol. The van der Waals surface area contributed by atoms with Crippen LogP contribution in [-0.4, -0.2) is 46.9 Å². The van der Waals surface area contributed by atoms with Crippen LogP contribution in [0.4, 0.5) is 0 Å². The van der Waals surface area contributed by atoms with Crippen molar-refractivity contribution in [2.75, 3.05) is 6.61 Å². The molecule has 0 saturated heterocycles. The third kappa shape index (κ3) is 50.7. The average molecular weight is 959 g/mol. The van der Waals surface area contributed by atoms with Crippen molar-refractivity contribution in [3.63, 3.8) is 0 Å². The number of carbonyl (C=O) groups excluding carboxylic acids is 2. The van der Waals surface area contributed by atoms with E-state index in [1.54, 1.807) is 0 Å². The van der Waals surface area contributed by atoms with Gasteiger partial charge in [0.2, 0.25) is 5.91 Å². The minimum absolute atomic E-state index is 0.00434. The molecule has 0 spiro atoms. The molecule has 0 aliphatic rings. The summed E-state index contributed by atoms with van der Waals surface area (Å²) in [5, 5.41) is 23.9. The lowest BCUT2D eigenvalue weighted by molar-refractivity contribution is -0.150. The second-order valence-corrected chi connectivity index (χ2v) is 19.0. The van der Waals surface area contributed by atoms with Crippen LogP contribution in [0.3, 0.4) is 0 Å². The van der Waals surface area contributed by atoms with E-state index >= 15 is 0 Å². The van der Waals surface area contributed by atoms with Crippen LogP contribution in [0, 0.1) is 0 Å². The van der Waals surface area contributed by atoms with E-state index in [1.807, 2.05) is 6.08 Å². The van der Waals surface area contributed by atoms with Gasteiger partial charge in [0.25, 0.3) is 0 Å². The molecule has 0 aromatic heterocycles. The number of amides is 1. The lowest BCUT2D eigenvalue weighted by Gasteiger charge is -2.24. The molecule has 6 nitrogen and oxygen atoms in total. The number of ether oxygens (including phenoxy) is 1. The van der Waals surface area contributed by atoms with Crippen molar-refractivity contribution in [3.05, 3.63) is 109 Å². The number of rotatable bonds is 50. The first-order chi connectivity index (χ1) is 34.0. The van der Waals surface area contributed by atoms with Crippen LogP contribution in [0.15, 0.2) is 109 Å². The summed E-state index contributed by atoms with van der Waals surface area (Å²) in [7, 11) is 0. The van der Waals surface area contributed by atoms with Gasteiger partial charge >= 0.3 is 5.97 Å². The van der Waals surface area contributed by atoms with Gasteiger partial charge in [0.15, 0.2) is 0 Å².